The molecule has 4 rings (SSSR count). The number of rotatable bonds is 4. The third kappa shape index (κ3) is 2.74. The summed E-state index contributed by atoms with van der Waals surface area (Å²) in [5.41, 5.74) is 3.02. The van der Waals surface area contributed by atoms with Gasteiger partial charge in [-0.25, -0.2) is 0 Å². The summed E-state index contributed by atoms with van der Waals surface area (Å²) in [6, 6.07) is 26.4. The average Bonchev–Trinajstić information content (AvgIpc) is 2.93. The molecular formula is C22H17NO2. The van der Waals surface area contributed by atoms with Gasteiger partial charge in [-0.15, -0.1) is 0 Å². The number of hydrogen-bond acceptors (Lipinski definition) is 2. The molecule has 0 bridgehead atoms. The van der Waals surface area contributed by atoms with E-state index in [0.29, 0.717) is 17.5 Å². The zero-order valence-corrected chi connectivity index (χ0v) is 13.6. The smallest absolute Gasteiger partial charge is 0.262 e. The highest BCUT2D eigenvalue weighted by Gasteiger charge is 2.40. The molecule has 1 aliphatic heterocycles. The van der Waals surface area contributed by atoms with Crippen molar-refractivity contribution in [2.24, 2.45) is 0 Å². The first-order valence-electron chi connectivity index (χ1n) is 8.31. The second-order valence-electron chi connectivity index (χ2n) is 6.14. The van der Waals surface area contributed by atoms with Gasteiger partial charge in [0.05, 0.1) is 17.2 Å². The number of nitrogens with zero attached hydrogens (tertiary/aromatic N) is 1. The van der Waals surface area contributed by atoms with Crippen molar-refractivity contribution in [2.75, 3.05) is 0 Å². The molecule has 0 saturated carbocycles. The zero-order valence-electron chi connectivity index (χ0n) is 13.6. The van der Waals surface area contributed by atoms with E-state index in [0.717, 1.165) is 11.1 Å². The molecule has 122 valence electrons. The van der Waals surface area contributed by atoms with Crippen LogP contribution in [0, 0.1) is 0 Å². The van der Waals surface area contributed by atoms with Gasteiger partial charge in [-0.1, -0.05) is 72.8 Å². The van der Waals surface area contributed by atoms with E-state index in [1.165, 1.54) is 4.90 Å². The molecule has 0 radical (unpaired) electrons. The van der Waals surface area contributed by atoms with Crippen LogP contribution in [0.4, 0.5) is 0 Å². The molecule has 0 spiro atoms. The first-order valence-corrected chi connectivity index (χ1v) is 8.31. The largest absolute Gasteiger partial charge is 0.269 e. The Morgan fingerprint density at radius 3 is 1.68 bits per heavy atom. The quantitative estimate of drug-likeness (QED) is 0.671. The van der Waals surface area contributed by atoms with Gasteiger partial charge in [0.15, 0.2) is 0 Å². The lowest BCUT2D eigenvalue weighted by atomic mass is 9.97. The van der Waals surface area contributed by atoms with Gasteiger partial charge in [0, 0.05) is 0 Å². The summed E-state index contributed by atoms with van der Waals surface area (Å²) in [4.78, 5) is 27.2. The monoisotopic (exact) mass is 327 g/mol. The van der Waals surface area contributed by atoms with Crippen LogP contribution < -0.4 is 0 Å². The van der Waals surface area contributed by atoms with E-state index in [2.05, 4.69) is 0 Å². The Hall–Kier alpha value is -3.20. The highest BCUT2D eigenvalue weighted by Crippen LogP contribution is 2.33. The van der Waals surface area contributed by atoms with Crippen LogP contribution in [0.2, 0.25) is 0 Å². The van der Waals surface area contributed by atoms with Crippen molar-refractivity contribution in [3.63, 3.8) is 0 Å². The Morgan fingerprint density at radius 1 is 0.640 bits per heavy atom. The maximum Gasteiger partial charge on any atom is 0.262 e. The molecular weight excluding hydrogens is 310 g/mol. The molecule has 0 saturated heterocycles. The Labute approximate surface area is 146 Å². The third-order valence-electron chi connectivity index (χ3n) is 4.59. The van der Waals surface area contributed by atoms with Gasteiger partial charge in [0.25, 0.3) is 11.8 Å². The van der Waals surface area contributed by atoms with Gasteiger partial charge in [-0.3, -0.25) is 14.5 Å². The van der Waals surface area contributed by atoms with Gasteiger partial charge in [0.2, 0.25) is 0 Å². The molecule has 1 aliphatic rings. The molecule has 1 heterocycles. The Morgan fingerprint density at radius 2 is 1.12 bits per heavy atom. The summed E-state index contributed by atoms with van der Waals surface area (Å²) in [6.07, 6.45) is 0.594. The molecule has 3 nitrogen and oxygen atoms in total. The predicted molar refractivity (Wildman–Crippen MR) is 96.3 cm³/mol. The van der Waals surface area contributed by atoms with Gasteiger partial charge < -0.3 is 0 Å². The minimum atomic E-state index is -0.323. The minimum Gasteiger partial charge on any atom is -0.269 e. The Kier molecular flexibility index (Phi) is 3.90. The summed E-state index contributed by atoms with van der Waals surface area (Å²) in [5, 5.41) is 0. The molecule has 0 fully saturated rings. The lowest BCUT2D eigenvalue weighted by Gasteiger charge is -2.27. The van der Waals surface area contributed by atoms with Crippen LogP contribution in [0.5, 0.6) is 0 Å². The predicted octanol–water partition coefficient (Wildman–Crippen LogP) is 4.27. The van der Waals surface area contributed by atoms with Gasteiger partial charge in [0.1, 0.15) is 0 Å². The second-order valence-corrected chi connectivity index (χ2v) is 6.14. The molecule has 0 aliphatic carbocycles. The third-order valence-corrected chi connectivity index (χ3v) is 4.59. The molecule has 1 atom stereocenters. The number of carbonyl (C=O) groups excluding carboxylic acids is 2. The van der Waals surface area contributed by atoms with Crippen molar-refractivity contribution in [1.29, 1.82) is 0 Å². The van der Waals surface area contributed by atoms with E-state index >= 15 is 0 Å². The number of benzene rings is 3. The fourth-order valence-electron chi connectivity index (χ4n) is 3.36. The maximum atomic E-state index is 12.9. The fourth-order valence-corrected chi connectivity index (χ4v) is 3.36. The topological polar surface area (TPSA) is 37.4 Å². The number of fused-ring (bicyclic) bond motifs is 1. The van der Waals surface area contributed by atoms with Crippen molar-refractivity contribution in [2.45, 2.75) is 12.5 Å². The fraction of sp³-hybridized carbons (Fsp3) is 0.0909. The highest BCUT2D eigenvalue weighted by atomic mass is 16.2. The van der Waals surface area contributed by atoms with Crippen molar-refractivity contribution in [3.8, 4) is 0 Å². The molecule has 3 aromatic rings. The van der Waals surface area contributed by atoms with Crippen LogP contribution in [0.25, 0.3) is 0 Å². The van der Waals surface area contributed by atoms with E-state index < -0.39 is 0 Å². The summed E-state index contributed by atoms with van der Waals surface area (Å²) >= 11 is 0. The molecule has 0 N–H and O–H groups in total. The summed E-state index contributed by atoms with van der Waals surface area (Å²) in [6.45, 7) is 0. The summed E-state index contributed by atoms with van der Waals surface area (Å²) in [7, 11) is 0. The van der Waals surface area contributed by atoms with Crippen molar-refractivity contribution >= 4 is 11.8 Å². The summed E-state index contributed by atoms with van der Waals surface area (Å²) < 4.78 is 0. The normalized spacial score (nSPS) is 14.5. The SMILES string of the molecule is O=C1c2ccccc2C(=O)N1[C@@H](Cc1ccccc1)c1ccccc1. The van der Waals surface area contributed by atoms with E-state index in [1.54, 1.807) is 24.3 Å². The zero-order chi connectivity index (χ0) is 17.2. The second kappa shape index (κ2) is 6.36. The molecule has 0 unspecified atom stereocenters. The first kappa shape index (κ1) is 15.3. The van der Waals surface area contributed by atoms with Crippen LogP contribution in [0.3, 0.4) is 0 Å². The number of imide groups is 1. The first-order chi connectivity index (χ1) is 12.3. The van der Waals surface area contributed by atoms with Crippen LogP contribution >= 0.6 is 0 Å². The van der Waals surface area contributed by atoms with E-state index in [-0.39, 0.29) is 17.9 Å². The molecule has 3 aromatic carbocycles. The number of hydrogen-bond donors (Lipinski definition) is 0. The van der Waals surface area contributed by atoms with Crippen LogP contribution in [-0.4, -0.2) is 16.7 Å². The molecule has 3 heteroatoms. The standard InChI is InChI=1S/C22H17NO2/c24-21-18-13-7-8-14-19(18)22(25)23(21)20(17-11-5-2-6-12-17)15-16-9-3-1-4-10-16/h1-14,20H,15H2/t20-/m0/s1. The molecule has 25 heavy (non-hydrogen) atoms. The molecule has 0 aromatic heterocycles. The molecule has 2 amide bonds. The van der Waals surface area contributed by atoms with Gasteiger partial charge in [-0.05, 0) is 29.7 Å². The van der Waals surface area contributed by atoms with Crippen molar-refractivity contribution in [1.82, 2.24) is 4.90 Å². The summed E-state index contributed by atoms with van der Waals surface area (Å²) in [5.74, 6) is -0.434. The van der Waals surface area contributed by atoms with Crippen LogP contribution in [0.15, 0.2) is 84.9 Å². The van der Waals surface area contributed by atoms with Crippen molar-refractivity contribution in [3.05, 3.63) is 107 Å². The Balaban J connectivity index is 1.77. The van der Waals surface area contributed by atoms with E-state index in [4.69, 9.17) is 0 Å². The maximum absolute atomic E-state index is 12.9. The lowest BCUT2D eigenvalue weighted by Crippen LogP contribution is -2.35. The van der Waals surface area contributed by atoms with Gasteiger partial charge in [-0.2, -0.15) is 0 Å². The lowest BCUT2D eigenvalue weighted by molar-refractivity contribution is 0.0581. The Bertz CT molecular complexity index is 884. The van der Waals surface area contributed by atoms with Gasteiger partial charge >= 0.3 is 0 Å². The average molecular weight is 327 g/mol. The van der Waals surface area contributed by atoms with Crippen molar-refractivity contribution < 1.29 is 9.59 Å². The van der Waals surface area contributed by atoms with Crippen LogP contribution in [0.1, 0.15) is 37.9 Å². The van der Waals surface area contributed by atoms with Crippen LogP contribution in [-0.2, 0) is 6.42 Å². The number of amides is 2. The minimum absolute atomic E-state index is 0.217. The highest BCUT2D eigenvalue weighted by molar-refractivity contribution is 6.21. The number of carbonyl (C=O) groups is 2. The van der Waals surface area contributed by atoms with E-state index in [1.807, 2.05) is 60.7 Å². The van der Waals surface area contributed by atoms with E-state index in [9.17, 15) is 9.59 Å².